The minimum atomic E-state index is -0.885. The molecule has 1 aromatic rings. The molecule has 2 unspecified atom stereocenters. The van der Waals surface area contributed by atoms with Crippen LogP contribution < -0.4 is 5.32 Å². The van der Waals surface area contributed by atoms with Crippen LogP contribution in [-0.4, -0.2) is 16.6 Å². The number of carboxylic acids is 1. The lowest BCUT2D eigenvalue weighted by Crippen LogP contribution is -2.50. The van der Waals surface area contributed by atoms with E-state index in [4.69, 9.17) is 0 Å². The molecule has 0 aliphatic carbocycles. The summed E-state index contributed by atoms with van der Waals surface area (Å²) in [7, 11) is 0. The molecule has 18 heavy (non-hydrogen) atoms. The first-order valence-corrected chi connectivity index (χ1v) is 6.95. The smallest absolute Gasteiger partial charge is 0.323 e. The highest BCUT2D eigenvalue weighted by Gasteiger charge is 2.33. The van der Waals surface area contributed by atoms with Gasteiger partial charge in [-0.25, -0.2) is 0 Å². The van der Waals surface area contributed by atoms with Gasteiger partial charge in [0.05, 0.1) is 0 Å². The average Bonchev–Trinajstić information content (AvgIpc) is 2.29. The molecule has 0 spiro atoms. The lowest BCUT2D eigenvalue weighted by Gasteiger charge is -2.30. The van der Waals surface area contributed by atoms with Gasteiger partial charge in [-0.2, -0.15) is 0 Å². The second-order valence-corrected chi connectivity index (χ2v) is 5.63. The molecule has 2 atom stereocenters. The Kier molecular flexibility index (Phi) is 5.35. The average molecular weight is 314 g/mol. The molecule has 0 fully saturated rings. The SMILES string of the molecule is CCCC(C)(NC(C)c1ccccc1Br)C(=O)O. The third-order valence-corrected chi connectivity index (χ3v) is 3.85. The van der Waals surface area contributed by atoms with Crippen molar-refractivity contribution in [2.75, 3.05) is 0 Å². The summed E-state index contributed by atoms with van der Waals surface area (Å²) in [6.45, 7) is 5.72. The van der Waals surface area contributed by atoms with Gasteiger partial charge < -0.3 is 5.11 Å². The Bertz CT molecular complexity index is 422. The zero-order chi connectivity index (χ0) is 13.8. The second kappa shape index (κ2) is 6.34. The minimum Gasteiger partial charge on any atom is -0.480 e. The second-order valence-electron chi connectivity index (χ2n) is 4.77. The molecule has 0 saturated carbocycles. The van der Waals surface area contributed by atoms with Crippen LogP contribution in [0.2, 0.25) is 0 Å². The van der Waals surface area contributed by atoms with Crippen LogP contribution in [-0.2, 0) is 4.79 Å². The number of rotatable bonds is 6. The third-order valence-electron chi connectivity index (χ3n) is 3.13. The van der Waals surface area contributed by atoms with Crippen molar-refractivity contribution >= 4 is 21.9 Å². The molecule has 4 heteroatoms. The van der Waals surface area contributed by atoms with E-state index in [1.807, 2.05) is 38.1 Å². The summed E-state index contributed by atoms with van der Waals surface area (Å²) in [5, 5.41) is 12.6. The van der Waals surface area contributed by atoms with E-state index in [1.54, 1.807) is 6.92 Å². The third kappa shape index (κ3) is 3.56. The van der Waals surface area contributed by atoms with E-state index in [1.165, 1.54) is 0 Å². The molecule has 0 aliphatic heterocycles. The number of hydrogen-bond acceptors (Lipinski definition) is 2. The summed E-state index contributed by atoms with van der Waals surface area (Å²) in [4.78, 5) is 11.4. The largest absolute Gasteiger partial charge is 0.480 e. The lowest BCUT2D eigenvalue weighted by molar-refractivity contribution is -0.144. The molecular formula is C14H20BrNO2. The van der Waals surface area contributed by atoms with Crippen molar-refractivity contribution in [3.63, 3.8) is 0 Å². The summed E-state index contributed by atoms with van der Waals surface area (Å²) < 4.78 is 0.995. The van der Waals surface area contributed by atoms with Gasteiger partial charge in [-0.1, -0.05) is 47.5 Å². The fourth-order valence-electron chi connectivity index (χ4n) is 2.12. The molecule has 0 aromatic heterocycles. The number of nitrogens with one attached hydrogen (secondary N) is 1. The number of hydrogen-bond donors (Lipinski definition) is 2. The van der Waals surface area contributed by atoms with E-state index in [0.29, 0.717) is 6.42 Å². The number of halogens is 1. The Morgan fingerprint density at radius 2 is 2.11 bits per heavy atom. The van der Waals surface area contributed by atoms with Crippen molar-refractivity contribution in [2.45, 2.75) is 45.2 Å². The zero-order valence-electron chi connectivity index (χ0n) is 11.0. The highest BCUT2D eigenvalue weighted by molar-refractivity contribution is 9.10. The van der Waals surface area contributed by atoms with Crippen LogP contribution in [0.1, 0.15) is 45.2 Å². The first-order valence-electron chi connectivity index (χ1n) is 6.16. The highest BCUT2D eigenvalue weighted by atomic mass is 79.9. The van der Waals surface area contributed by atoms with Crippen molar-refractivity contribution in [2.24, 2.45) is 0 Å². The molecule has 0 bridgehead atoms. The van der Waals surface area contributed by atoms with Crippen LogP contribution in [0, 0.1) is 0 Å². The van der Waals surface area contributed by atoms with Crippen LogP contribution in [0.15, 0.2) is 28.7 Å². The molecular weight excluding hydrogens is 294 g/mol. The number of carbonyl (C=O) groups is 1. The van der Waals surface area contributed by atoms with Gasteiger partial charge in [0.15, 0.2) is 0 Å². The summed E-state index contributed by atoms with van der Waals surface area (Å²) >= 11 is 3.49. The Hall–Kier alpha value is -0.870. The maximum absolute atomic E-state index is 11.4. The minimum absolute atomic E-state index is 0.0202. The van der Waals surface area contributed by atoms with Gasteiger partial charge in [-0.05, 0) is 31.9 Å². The van der Waals surface area contributed by atoms with E-state index >= 15 is 0 Å². The van der Waals surface area contributed by atoms with Crippen LogP contribution >= 0.6 is 15.9 Å². The molecule has 0 aliphatic rings. The molecule has 100 valence electrons. The van der Waals surface area contributed by atoms with Gasteiger partial charge in [-0.15, -0.1) is 0 Å². The lowest BCUT2D eigenvalue weighted by atomic mass is 9.94. The Morgan fingerprint density at radius 3 is 2.61 bits per heavy atom. The maximum Gasteiger partial charge on any atom is 0.323 e. The summed E-state index contributed by atoms with van der Waals surface area (Å²) in [6, 6.07) is 7.84. The number of carboxylic acid groups (broad SMARTS) is 1. The molecule has 2 N–H and O–H groups in total. The maximum atomic E-state index is 11.4. The standard InChI is InChI=1S/C14H20BrNO2/c1-4-9-14(3,13(17)18)16-10(2)11-7-5-6-8-12(11)15/h5-8,10,16H,4,9H2,1-3H3,(H,17,18). The van der Waals surface area contributed by atoms with Gasteiger partial charge in [0, 0.05) is 10.5 Å². The van der Waals surface area contributed by atoms with E-state index < -0.39 is 11.5 Å². The van der Waals surface area contributed by atoms with Gasteiger partial charge in [0.1, 0.15) is 5.54 Å². The summed E-state index contributed by atoms with van der Waals surface area (Å²) in [5.41, 5.74) is 0.185. The van der Waals surface area contributed by atoms with Crippen molar-refractivity contribution < 1.29 is 9.90 Å². The predicted molar refractivity (Wildman–Crippen MR) is 76.6 cm³/mol. The van der Waals surface area contributed by atoms with Gasteiger partial charge in [0.2, 0.25) is 0 Å². The molecule has 0 amide bonds. The Labute approximate surface area is 117 Å². The van der Waals surface area contributed by atoms with Crippen molar-refractivity contribution in [3.05, 3.63) is 34.3 Å². The first-order chi connectivity index (χ1) is 8.40. The number of aliphatic carboxylic acids is 1. The van der Waals surface area contributed by atoms with Gasteiger partial charge >= 0.3 is 5.97 Å². The van der Waals surface area contributed by atoms with Gasteiger partial charge in [0.25, 0.3) is 0 Å². The molecule has 1 rings (SSSR count). The number of benzene rings is 1. The van der Waals surface area contributed by atoms with Crippen LogP contribution in [0.5, 0.6) is 0 Å². The van der Waals surface area contributed by atoms with Crippen LogP contribution in [0.3, 0.4) is 0 Å². The fourth-order valence-corrected chi connectivity index (χ4v) is 2.75. The molecule has 0 saturated heterocycles. The van der Waals surface area contributed by atoms with Gasteiger partial charge in [-0.3, -0.25) is 10.1 Å². The summed E-state index contributed by atoms with van der Waals surface area (Å²) in [6.07, 6.45) is 1.44. The van der Waals surface area contributed by atoms with Crippen LogP contribution in [0.25, 0.3) is 0 Å². The predicted octanol–water partition coefficient (Wildman–Crippen LogP) is 3.74. The molecule has 3 nitrogen and oxygen atoms in total. The normalized spacial score (nSPS) is 16.0. The van der Waals surface area contributed by atoms with E-state index in [2.05, 4.69) is 21.2 Å². The van der Waals surface area contributed by atoms with Crippen LogP contribution in [0.4, 0.5) is 0 Å². The Balaban J connectivity index is 2.89. The van der Waals surface area contributed by atoms with Crippen molar-refractivity contribution in [1.82, 2.24) is 5.32 Å². The molecule has 0 radical (unpaired) electrons. The molecule has 0 heterocycles. The van der Waals surface area contributed by atoms with Crippen molar-refractivity contribution in [3.8, 4) is 0 Å². The highest BCUT2D eigenvalue weighted by Crippen LogP contribution is 2.26. The quantitative estimate of drug-likeness (QED) is 0.841. The molecule has 1 aromatic carbocycles. The first kappa shape index (κ1) is 15.2. The fraction of sp³-hybridized carbons (Fsp3) is 0.500. The van der Waals surface area contributed by atoms with Crippen molar-refractivity contribution in [1.29, 1.82) is 0 Å². The zero-order valence-corrected chi connectivity index (χ0v) is 12.6. The Morgan fingerprint density at radius 1 is 1.50 bits per heavy atom. The van der Waals surface area contributed by atoms with E-state index in [0.717, 1.165) is 16.5 Å². The topological polar surface area (TPSA) is 49.3 Å². The van der Waals surface area contributed by atoms with E-state index in [9.17, 15) is 9.90 Å². The van der Waals surface area contributed by atoms with E-state index in [-0.39, 0.29) is 6.04 Å². The monoisotopic (exact) mass is 313 g/mol. The summed E-state index contributed by atoms with van der Waals surface area (Å²) in [5.74, 6) is -0.803.